The van der Waals surface area contributed by atoms with E-state index in [0.717, 1.165) is 0 Å². The Labute approximate surface area is 102 Å². The van der Waals surface area contributed by atoms with Crippen molar-refractivity contribution in [3.8, 4) is 17.4 Å². The average Bonchev–Trinajstić information content (AvgIpc) is 2.41. The smallest absolute Gasteiger partial charge is 0.216 e. The van der Waals surface area contributed by atoms with E-state index in [1.165, 1.54) is 20.4 Å². The van der Waals surface area contributed by atoms with Gasteiger partial charge in [0.2, 0.25) is 5.88 Å². The minimum atomic E-state index is -0.595. The third-order valence-electron chi connectivity index (χ3n) is 2.23. The highest BCUT2D eigenvalue weighted by Gasteiger charge is 2.13. The first kappa shape index (κ1) is 12.1. The summed E-state index contributed by atoms with van der Waals surface area (Å²) in [5.41, 5.74) is 2.76. The SMILES string of the molecule is COc1cc(-c2nc(C)c(F)c(NN)n2)ncn1. The Hall–Kier alpha value is -2.35. The van der Waals surface area contributed by atoms with Crippen molar-refractivity contribution in [2.24, 2.45) is 5.84 Å². The highest BCUT2D eigenvalue weighted by atomic mass is 19.1. The Bertz CT molecular complexity index is 576. The molecule has 0 radical (unpaired) electrons. The van der Waals surface area contributed by atoms with Crippen LogP contribution in [0.15, 0.2) is 12.4 Å². The number of aryl methyl sites for hydroxylation is 1. The third-order valence-corrected chi connectivity index (χ3v) is 2.23. The van der Waals surface area contributed by atoms with Crippen LogP contribution in [0.2, 0.25) is 0 Å². The number of nitrogen functional groups attached to an aromatic ring is 1. The molecule has 7 nitrogen and oxygen atoms in total. The van der Waals surface area contributed by atoms with E-state index >= 15 is 0 Å². The molecule has 94 valence electrons. The van der Waals surface area contributed by atoms with Gasteiger partial charge in [0, 0.05) is 6.07 Å². The Morgan fingerprint density at radius 2 is 2.11 bits per heavy atom. The van der Waals surface area contributed by atoms with Crippen LogP contribution >= 0.6 is 0 Å². The summed E-state index contributed by atoms with van der Waals surface area (Å²) in [4.78, 5) is 15.8. The van der Waals surface area contributed by atoms with Crippen molar-refractivity contribution in [2.45, 2.75) is 6.92 Å². The third kappa shape index (κ3) is 2.18. The lowest BCUT2D eigenvalue weighted by atomic mass is 10.3. The van der Waals surface area contributed by atoms with Gasteiger partial charge < -0.3 is 10.2 Å². The first-order chi connectivity index (χ1) is 8.65. The molecule has 8 heteroatoms. The summed E-state index contributed by atoms with van der Waals surface area (Å²) >= 11 is 0. The molecule has 2 heterocycles. The number of anilines is 1. The molecular formula is C10H11FN6O. The summed E-state index contributed by atoms with van der Waals surface area (Å²) < 4.78 is 18.5. The molecule has 3 N–H and O–H groups in total. The van der Waals surface area contributed by atoms with Crippen molar-refractivity contribution < 1.29 is 9.13 Å². The fourth-order valence-corrected chi connectivity index (χ4v) is 1.34. The van der Waals surface area contributed by atoms with Crippen molar-refractivity contribution in [3.05, 3.63) is 23.9 Å². The molecular weight excluding hydrogens is 239 g/mol. The van der Waals surface area contributed by atoms with Gasteiger partial charge in [-0.2, -0.15) is 0 Å². The maximum atomic E-state index is 13.5. The molecule has 0 saturated carbocycles. The molecule has 0 aliphatic heterocycles. The van der Waals surface area contributed by atoms with E-state index in [2.05, 4.69) is 25.4 Å². The lowest BCUT2D eigenvalue weighted by molar-refractivity contribution is 0.397. The molecule has 0 aliphatic rings. The van der Waals surface area contributed by atoms with E-state index in [0.29, 0.717) is 11.6 Å². The molecule has 0 fully saturated rings. The second-order valence-corrected chi connectivity index (χ2v) is 3.39. The van der Waals surface area contributed by atoms with Crippen LogP contribution in [0.1, 0.15) is 5.69 Å². The number of hydrogen-bond acceptors (Lipinski definition) is 7. The average molecular weight is 250 g/mol. The van der Waals surface area contributed by atoms with E-state index in [1.54, 1.807) is 6.07 Å². The Balaban J connectivity index is 2.53. The molecule has 0 spiro atoms. The normalized spacial score (nSPS) is 10.2. The predicted octanol–water partition coefficient (Wildman–Crippen LogP) is 0.675. The minimum absolute atomic E-state index is 0.0879. The predicted molar refractivity (Wildman–Crippen MR) is 62.1 cm³/mol. The number of nitrogens with two attached hydrogens (primary N) is 1. The summed E-state index contributed by atoms with van der Waals surface area (Å²) in [5.74, 6) is 5.11. The van der Waals surface area contributed by atoms with Crippen LogP contribution in [0.5, 0.6) is 5.88 Å². The maximum Gasteiger partial charge on any atom is 0.216 e. The Morgan fingerprint density at radius 3 is 2.78 bits per heavy atom. The van der Waals surface area contributed by atoms with Crippen LogP contribution in [-0.4, -0.2) is 27.0 Å². The Kier molecular flexibility index (Phi) is 3.28. The molecule has 0 aromatic carbocycles. The van der Waals surface area contributed by atoms with Gasteiger partial charge in [0.15, 0.2) is 17.5 Å². The second-order valence-electron chi connectivity index (χ2n) is 3.39. The molecule has 0 saturated heterocycles. The number of aromatic nitrogens is 4. The van der Waals surface area contributed by atoms with Gasteiger partial charge in [-0.05, 0) is 6.92 Å². The maximum absolute atomic E-state index is 13.5. The summed E-state index contributed by atoms with van der Waals surface area (Å²) in [6.07, 6.45) is 1.31. The second kappa shape index (κ2) is 4.88. The lowest BCUT2D eigenvalue weighted by Crippen LogP contribution is -2.13. The topological polar surface area (TPSA) is 98.8 Å². The van der Waals surface area contributed by atoms with Gasteiger partial charge in [-0.1, -0.05) is 0 Å². The molecule has 0 amide bonds. The highest BCUT2D eigenvalue weighted by molar-refractivity contribution is 5.54. The van der Waals surface area contributed by atoms with E-state index in [9.17, 15) is 4.39 Å². The molecule has 2 rings (SSSR count). The zero-order chi connectivity index (χ0) is 13.1. The van der Waals surface area contributed by atoms with Gasteiger partial charge in [-0.25, -0.2) is 30.2 Å². The van der Waals surface area contributed by atoms with Gasteiger partial charge >= 0.3 is 0 Å². The van der Waals surface area contributed by atoms with Crippen LogP contribution in [-0.2, 0) is 0 Å². The van der Waals surface area contributed by atoms with E-state index in [-0.39, 0.29) is 17.3 Å². The summed E-state index contributed by atoms with van der Waals surface area (Å²) in [7, 11) is 1.48. The van der Waals surface area contributed by atoms with E-state index in [4.69, 9.17) is 10.6 Å². The van der Waals surface area contributed by atoms with Crippen LogP contribution in [0, 0.1) is 12.7 Å². The fourth-order valence-electron chi connectivity index (χ4n) is 1.34. The minimum Gasteiger partial charge on any atom is -0.481 e. The molecule has 2 aromatic rings. The number of hydrazine groups is 1. The van der Waals surface area contributed by atoms with Gasteiger partial charge in [0.25, 0.3) is 0 Å². The van der Waals surface area contributed by atoms with E-state index in [1.807, 2.05) is 0 Å². The summed E-state index contributed by atoms with van der Waals surface area (Å²) in [6.45, 7) is 1.51. The zero-order valence-corrected chi connectivity index (χ0v) is 9.81. The van der Waals surface area contributed by atoms with Crippen LogP contribution in [0.4, 0.5) is 10.2 Å². The van der Waals surface area contributed by atoms with Crippen molar-refractivity contribution >= 4 is 5.82 Å². The number of nitrogens with one attached hydrogen (secondary N) is 1. The molecule has 0 aliphatic carbocycles. The quantitative estimate of drug-likeness (QED) is 0.610. The number of halogens is 1. The number of rotatable bonds is 3. The van der Waals surface area contributed by atoms with Gasteiger partial charge in [0.1, 0.15) is 12.0 Å². The largest absolute Gasteiger partial charge is 0.481 e. The van der Waals surface area contributed by atoms with Gasteiger partial charge in [-0.3, -0.25) is 0 Å². The Morgan fingerprint density at radius 1 is 1.33 bits per heavy atom. The molecule has 18 heavy (non-hydrogen) atoms. The fraction of sp³-hybridized carbons (Fsp3) is 0.200. The monoisotopic (exact) mass is 250 g/mol. The number of hydrogen-bond donors (Lipinski definition) is 2. The van der Waals surface area contributed by atoms with Crippen LogP contribution in [0.3, 0.4) is 0 Å². The molecule has 0 bridgehead atoms. The highest BCUT2D eigenvalue weighted by Crippen LogP contribution is 2.20. The molecule has 2 aromatic heterocycles. The van der Waals surface area contributed by atoms with Crippen molar-refractivity contribution in [1.82, 2.24) is 19.9 Å². The standard InChI is InChI=1S/C10H11FN6O/c1-5-8(11)10(17-12)16-9(15-5)6-3-7(18-2)14-4-13-6/h3-4H,12H2,1-2H3,(H,15,16,17). The molecule has 0 unspecified atom stereocenters. The van der Waals surface area contributed by atoms with Crippen LogP contribution in [0.25, 0.3) is 11.5 Å². The molecule has 0 atom stereocenters. The summed E-state index contributed by atoms with van der Waals surface area (Å²) in [5, 5.41) is 0. The first-order valence-corrected chi connectivity index (χ1v) is 5.03. The van der Waals surface area contributed by atoms with Gasteiger partial charge in [-0.15, -0.1) is 0 Å². The number of ether oxygens (including phenoxy) is 1. The van der Waals surface area contributed by atoms with Crippen molar-refractivity contribution in [3.63, 3.8) is 0 Å². The van der Waals surface area contributed by atoms with Crippen molar-refractivity contribution in [1.29, 1.82) is 0 Å². The first-order valence-electron chi connectivity index (χ1n) is 5.03. The summed E-state index contributed by atoms with van der Waals surface area (Å²) in [6, 6.07) is 1.55. The number of nitrogens with zero attached hydrogens (tertiary/aromatic N) is 4. The van der Waals surface area contributed by atoms with Crippen molar-refractivity contribution in [2.75, 3.05) is 12.5 Å². The van der Waals surface area contributed by atoms with E-state index < -0.39 is 5.82 Å². The van der Waals surface area contributed by atoms with Crippen LogP contribution < -0.4 is 16.0 Å². The lowest BCUT2D eigenvalue weighted by Gasteiger charge is -2.07. The number of methoxy groups -OCH3 is 1. The van der Waals surface area contributed by atoms with Gasteiger partial charge in [0.05, 0.1) is 12.8 Å². The zero-order valence-electron chi connectivity index (χ0n) is 9.81.